The predicted octanol–water partition coefficient (Wildman–Crippen LogP) is 5.49. The number of anilines is 1. The second-order valence-electron chi connectivity index (χ2n) is 9.86. The molecular formula is C25H28F2N2O2. The van der Waals surface area contributed by atoms with Crippen LogP contribution in [0.15, 0.2) is 30.3 Å². The Morgan fingerprint density at radius 2 is 1.87 bits per heavy atom. The minimum absolute atomic E-state index is 0.0296. The van der Waals surface area contributed by atoms with E-state index < -0.39 is 17.2 Å². The Morgan fingerprint density at radius 1 is 1.13 bits per heavy atom. The van der Waals surface area contributed by atoms with E-state index in [-0.39, 0.29) is 17.6 Å². The summed E-state index contributed by atoms with van der Waals surface area (Å²) >= 11 is 0. The molecule has 0 aromatic heterocycles. The van der Waals surface area contributed by atoms with Crippen molar-refractivity contribution in [3.05, 3.63) is 53.1 Å². The molecule has 1 amide bonds. The first-order valence-electron chi connectivity index (χ1n) is 11.1. The number of amides is 1. The van der Waals surface area contributed by atoms with Crippen molar-refractivity contribution in [1.82, 2.24) is 4.90 Å². The van der Waals surface area contributed by atoms with Crippen molar-refractivity contribution < 1.29 is 18.3 Å². The maximum Gasteiger partial charge on any atom is 0.410 e. The zero-order valence-corrected chi connectivity index (χ0v) is 18.3. The van der Waals surface area contributed by atoms with E-state index in [2.05, 4.69) is 4.90 Å². The number of nitrogens with zero attached hydrogens (tertiary/aromatic N) is 2. The van der Waals surface area contributed by atoms with Crippen molar-refractivity contribution in [3.8, 4) is 11.1 Å². The van der Waals surface area contributed by atoms with Gasteiger partial charge in [-0.1, -0.05) is 6.07 Å². The standard InChI is InChI=1S/C25H28F2N2O2/c1-25(2,3)31-24(30)28-11-9-21-18(14-28)17-13-16(22-19(26)7-4-8-20(22)27)12-15-6-5-10-29(21)23(15)17/h4,7-8,12-13,18,21H,5-6,9-11,14H2,1-3H3/t18-,21-/m0/s1. The molecular weight excluding hydrogens is 398 g/mol. The monoisotopic (exact) mass is 426 g/mol. The van der Waals surface area contributed by atoms with E-state index in [1.54, 1.807) is 4.90 Å². The van der Waals surface area contributed by atoms with Gasteiger partial charge in [0.05, 0.1) is 5.56 Å². The molecule has 31 heavy (non-hydrogen) atoms. The summed E-state index contributed by atoms with van der Waals surface area (Å²) in [5.74, 6) is -0.982. The highest BCUT2D eigenvalue weighted by molar-refractivity contribution is 5.77. The number of likely N-dealkylation sites (tertiary alicyclic amines) is 1. The maximum atomic E-state index is 14.6. The number of aryl methyl sites for hydroxylation is 1. The summed E-state index contributed by atoms with van der Waals surface area (Å²) in [5, 5.41) is 0. The molecule has 3 heterocycles. The Hall–Kier alpha value is -2.63. The van der Waals surface area contributed by atoms with E-state index in [4.69, 9.17) is 4.74 Å². The minimum atomic E-state index is -0.548. The fourth-order valence-corrected chi connectivity index (χ4v) is 5.45. The molecule has 1 fully saturated rings. The second kappa shape index (κ2) is 7.21. The highest BCUT2D eigenvalue weighted by Crippen LogP contribution is 2.50. The van der Waals surface area contributed by atoms with E-state index in [0.29, 0.717) is 24.7 Å². The van der Waals surface area contributed by atoms with Crippen LogP contribution in [-0.2, 0) is 11.2 Å². The molecule has 1 saturated heterocycles. The lowest BCUT2D eigenvalue weighted by molar-refractivity contribution is 0.0189. The lowest BCUT2D eigenvalue weighted by Gasteiger charge is -2.40. The van der Waals surface area contributed by atoms with Gasteiger partial charge >= 0.3 is 6.09 Å². The fraction of sp³-hybridized carbons (Fsp3) is 0.480. The summed E-state index contributed by atoms with van der Waals surface area (Å²) in [4.78, 5) is 17.0. The van der Waals surface area contributed by atoms with E-state index >= 15 is 0 Å². The van der Waals surface area contributed by atoms with Crippen LogP contribution in [0.3, 0.4) is 0 Å². The van der Waals surface area contributed by atoms with Gasteiger partial charge < -0.3 is 14.5 Å². The lowest BCUT2D eigenvalue weighted by Crippen LogP contribution is -2.49. The number of rotatable bonds is 1. The first kappa shape index (κ1) is 20.3. The van der Waals surface area contributed by atoms with Crippen LogP contribution < -0.4 is 4.90 Å². The molecule has 0 radical (unpaired) electrons. The van der Waals surface area contributed by atoms with E-state index in [1.807, 2.05) is 32.9 Å². The van der Waals surface area contributed by atoms with Crippen LogP contribution >= 0.6 is 0 Å². The fourth-order valence-electron chi connectivity index (χ4n) is 5.45. The average molecular weight is 427 g/mol. The number of piperidine rings is 1. The zero-order valence-electron chi connectivity index (χ0n) is 18.3. The largest absolute Gasteiger partial charge is 0.444 e. The average Bonchev–Trinajstić information content (AvgIpc) is 3.02. The third kappa shape index (κ3) is 3.46. The predicted molar refractivity (Wildman–Crippen MR) is 116 cm³/mol. The Morgan fingerprint density at radius 3 is 2.58 bits per heavy atom. The van der Waals surface area contributed by atoms with Gasteiger partial charge in [-0.3, -0.25) is 0 Å². The highest BCUT2D eigenvalue weighted by Gasteiger charge is 2.45. The maximum absolute atomic E-state index is 14.6. The molecule has 0 saturated carbocycles. The van der Waals surface area contributed by atoms with Crippen molar-refractivity contribution in [2.45, 2.75) is 57.6 Å². The van der Waals surface area contributed by atoms with Crippen molar-refractivity contribution in [2.75, 3.05) is 24.5 Å². The minimum Gasteiger partial charge on any atom is -0.444 e. The van der Waals surface area contributed by atoms with Gasteiger partial charge in [-0.05, 0) is 81.0 Å². The Bertz CT molecular complexity index is 1030. The van der Waals surface area contributed by atoms with Crippen LogP contribution in [0.4, 0.5) is 19.3 Å². The third-order valence-electron chi connectivity index (χ3n) is 6.63. The van der Waals surface area contributed by atoms with Crippen LogP contribution in [-0.4, -0.2) is 42.3 Å². The number of fused-ring (bicyclic) bond motifs is 3. The number of ether oxygens (including phenoxy) is 1. The molecule has 2 atom stereocenters. The number of benzene rings is 2. The first-order chi connectivity index (χ1) is 14.7. The van der Waals surface area contributed by atoms with Gasteiger partial charge in [0, 0.05) is 37.3 Å². The second-order valence-corrected chi connectivity index (χ2v) is 9.86. The summed E-state index contributed by atoms with van der Waals surface area (Å²) in [5.41, 5.74) is 3.54. The van der Waals surface area contributed by atoms with Crippen molar-refractivity contribution in [1.29, 1.82) is 0 Å². The summed E-state index contributed by atoms with van der Waals surface area (Å²) in [6.07, 6.45) is 2.49. The summed E-state index contributed by atoms with van der Waals surface area (Å²) in [6.45, 7) is 7.81. The normalized spacial score (nSPS) is 22.2. The molecule has 0 bridgehead atoms. The summed E-state index contributed by atoms with van der Waals surface area (Å²) in [6, 6.07) is 8.21. The summed E-state index contributed by atoms with van der Waals surface area (Å²) in [7, 11) is 0. The third-order valence-corrected chi connectivity index (χ3v) is 6.63. The smallest absolute Gasteiger partial charge is 0.410 e. The zero-order chi connectivity index (χ0) is 21.9. The van der Waals surface area contributed by atoms with E-state index in [0.717, 1.165) is 36.9 Å². The Kier molecular flexibility index (Phi) is 4.72. The highest BCUT2D eigenvalue weighted by atomic mass is 19.1. The van der Waals surface area contributed by atoms with Crippen LogP contribution in [0.1, 0.15) is 50.7 Å². The van der Waals surface area contributed by atoms with Gasteiger partial charge in [-0.2, -0.15) is 0 Å². The molecule has 0 spiro atoms. The van der Waals surface area contributed by atoms with Crippen LogP contribution in [0.5, 0.6) is 0 Å². The number of hydrogen-bond donors (Lipinski definition) is 0. The van der Waals surface area contributed by atoms with Gasteiger partial charge in [0.15, 0.2) is 0 Å². The first-order valence-corrected chi connectivity index (χ1v) is 11.1. The molecule has 0 N–H and O–H groups in total. The molecule has 0 unspecified atom stereocenters. The molecule has 5 rings (SSSR count). The lowest BCUT2D eigenvalue weighted by atomic mass is 9.86. The molecule has 3 aliphatic rings. The van der Waals surface area contributed by atoms with Crippen LogP contribution in [0.2, 0.25) is 0 Å². The SMILES string of the molecule is CC(C)(C)OC(=O)N1CC[C@H]2[C@@H](C1)c1cc(-c3c(F)cccc3F)cc3c1N2CCC3. The molecule has 2 aromatic carbocycles. The van der Waals surface area contributed by atoms with Gasteiger partial charge in [-0.15, -0.1) is 0 Å². The number of halogens is 2. The van der Waals surface area contributed by atoms with E-state index in [9.17, 15) is 13.6 Å². The molecule has 0 aliphatic carbocycles. The van der Waals surface area contributed by atoms with Crippen LogP contribution in [0, 0.1) is 11.6 Å². The van der Waals surface area contributed by atoms with Crippen LogP contribution in [0.25, 0.3) is 11.1 Å². The van der Waals surface area contributed by atoms with Gasteiger partial charge in [-0.25, -0.2) is 13.6 Å². The van der Waals surface area contributed by atoms with Gasteiger partial charge in [0.25, 0.3) is 0 Å². The number of hydrogen-bond acceptors (Lipinski definition) is 3. The molecule has 6 heteroatoms. The molecule has 4 nitrogen and oxygen atoms in total. The van der Waals surface area contributed by atoms with E-state index in [1.165, 1.54) is 23.9 Å². The van der Waals surface area contributed by atoms with Gasteiger partial charge in [0.2, 0.25) is 0 Å². The quantitative estimate of drug-likeness (QED) is 0.604. The number of carbonyl (C=O) groups is 1. The van der Waals surface area contributed by atoms with Crippen molar-refractivity contribution in [3.63, 3.8) is 0 Å². The molecule has 3 aliphatic heterocycles. The van der Waals surface area contributed by atoms with Crippen molar-refractivity contribution >= 4 is 11.8 Å². The Labute approximate surface area is 181 Å². The number of carbonyl (C=O) groups excluding carboxylic acids is 1. The molecule has 2 aromatic rings. The topological polar surface area (TPSA) is 32.8 Å². The summed E-state index contributed by atoms with van der Waals surface area (Å²) < 4.78 is 34.7. The van der Waals surface area contributed by atoms with Crippen molar-refractivity contribution in [2.24, 2.45) is 0 Å². The van der Waals surface area contributed by atoms with Gasteiger partial charge in [0.1, 0.15) is 17.2 Å². The molecule has 164 valence electrons. The Balaban J connectivity index is 1.55.